The van der Waals surface area contributed by atoms with Crippen LogP contribution >= 0.6 is 0 Å². The topological polar surface area (TPSA) is 58.6 Å². The Morgan fingerprint density at radius 3 is 2.64 bits per heavy atom. The van der Waals surface area contributed by atoms with E-state index in [1.54, 1.807) is 0 Å². The number of nitrogens with zero attached hydrogens (tertiary/aromatic N) is 1. The molecule has 1 aromatic rings. The molecule has 5 heteroatoms. The van der Waals surface area contributed by atoms with Crippen molar-refractivity contribution in [2.24, 2.45) is 0 Å². The number of ether oxygens (including phenoxy) is 1. The molecule has 0 aliphatic carbocycles. The van der Waals surface area contributed by atoms with Gasteiger partial charge in [-0.2, -0.15) is 0 Å². The number of hydrogen-bond acceptors (Lipinski definition) is 5. The van der Waals surface area contributed by atoms with Crippen LogP contribution in [0, 0.1) is 13.8 Å². The molecule has 0 spiro atoms. The summed E-state index contributed by atoms with van der Waals surface area (Å²) in [4.78, 5) is 27.4. The lowest BCUT2D eigenvalue weighted by atomic mass is 9.76. The van der Waals surface area contributed by atoms with Crippen molar-refractivity contribution < 1.29 is 14.3 Å². The number of methoxy groups -OCH3 is 1. The molecule has 25 heavy (non-hydrogen) atoms. The molecule has 1 aromatic carbocycles. The molecule has 2 aliphatic rings. The van der Waals surface area contributed by atoms with Crippen LogP contribution in [0.1, 0.15) is 29.5 Å². The van der Waals surface area contributed by atoms with Crippen molar-refractivity contribution in [3.8, 4) is 0 Å². The fourth-order valence-electron chi connectivity index (χ4n) is 3.77. The van der Waals surface area contributed by atoms with Crippen LogP contribution in [0.5, 0.6) is 0 Å². The van der Waals surface area contributed by atoms with E-state index in [2.05, 4.69) is 11.4 Å². The highest BCUT2D eigenvalue weighted by molar-refractivity contribution is 6.04. The number of benzene rings is 1. The number of dihydropyridines is 1. The molecule has 3 rings (SSSR count). The van der Waals surface area contributed by atoms with E-state index in [9.17, 15) is 9.59 Å². The second-order valence-electron chi connectivity index (χ2n) is 6.94. The molecule has 132 valence electrons. The zero-order valence-electron chi connectivity index (χ0n) is 15.4. The van der Waals surface area contributed by atoms with Gasteiger partial charge >= 0.3 is 5.97 Å². The first kappa shape index (κ1) is 17.4. The van der Waals surface area contributed by atoms with Crippen molar-refractivity contribution in [2.75, 3.05) is 27.2 Å². The Balaban J connectivity index is 2.25. The third-order valence-electron chi connectivity index (χ3n) is 4.94. The largest absolute Gasteiger partial charge is 0.466 e. The highest BCUT2D eigenvalue weighted by Crippen LogP contribution is 2.41. The van der Waals surface area contributed by atoms with Crippen LogP contribution in [0.3, 0.4) is 0 Å². The summed E-state index contributed by atoms with van der Waals surface area (Å²) in [5.74, 6) is -0.727. The summed E-state index contributed by atoms with van der Waals surface area (Å²) < 4.78 is 5.04. The number of carbonyl (C=O) groups excluding carboxylic acids is 2. The summed E-state index contributed by atoms with van der Waals surface area (Å²) in [6.45, 7) is 6.92. The summed E-state index contributed by atoms with van der Waals surface area (Å²) in [6.07, 6.45) is 0. The van der Waals surface area contributed by atoms with E-state index in [-0.39, 0.29) is 11.7 Å². The summed E-state index contributed by atoms with van der Waals surface area (Å²) in [5.41, 5.74) is 6.00. The second-order valence-corrected chi connectivity index (χ2v) is 6.94. The van der Waals surface area contributed by atoms with E-state index in [1.165, 1.54) is 7.11 Å². The predicted octanol–water partition coefficient (Wildman–Crippen LogP) is 2.21. The highest BCUT2D eigenvalue weighted by Gasteiger charge is 2.40. The zero-order chi connectivity index (χ0) is 18.3. The third-order valence-corrected chi connectivity index (χ3v) is 4.94. The minimum atomic E-state index is -0.394. The molecule has 2 aliphatic heterocycles. The lowest BCUT2D eigenvalue weighted by Crippen LogP contribution is -2.44. The number of aryl methyl sites for hydroxylation is 2. The van der Waals surface area contributed by atoms with Crippen molar-refractivity contribution in [1.82, 2.24) is 10.2 Å². The summed E-state index contributed by atoms with van der Waals surface area (Å²) in [7, 11) is 3.30. The molecule has 0 saturated heterocycles. The van der Waals surface area contributed by atoms with Crippen molar-refractivity contribution in [3.05, 3.63) is 57.4 Å². The van der Waals surface area contributed by atoms with Crippen LogP contribution in [0.4, 0.5) is 0 Å². The Hall–Kier alpha value is -2.40. The van der Waals surface area contributed by atoms with Crippen LogP contribution < -0.4 is 5.32 Å². The molecule has 1 N–H and O–H groups in total. The van der Waals surface area contributed by atoms with Crippen molar-refractivity contribution >= 4 is 11.8 Å². The Morgan fingerprint density at radius 2 is 1.96 bits per heavy atom. The Labute approximate surface area is 148 Å². The third kappa shape index (κ3) is 3.00. The lowest BCUT2D eigenvalue weighted by molar-refractivity contribution is -0.136. The quantitative estimate of drug-likeness (QED) is 0.837. The van der Waals surface area contributed by atoms with E-state index in [1.807, 2.05) is 44.9 Å². The van der Waals surface area contributed by atoms with Gasteiger partial charge in [0.15, 0.2) is 5.78 Å². The first-order chi connectivity index (χ1) is 11.8. The van der Waals surface area contributed by atoms with Gasteiger partial charge in [-0.05, 0) is 38.9 Å². The number of carbonyl (C=O) groups is 2. The van der Waals surface area contributed by atoms with Gasteiger partial charge in [0, 0.05) is 29.4 Å². The van der Waals surface area contributed by atoms with E-state index in [4.69, 9.17) is 4.74 Å². The maximum absolute atomic E-state index is 12.9. The number of hydrogen-bond donors (Lipinski definition) is 1. The first-order valence-electron chi connectivity index (χ1n) is 8.41. The lowest BCUT2D eigenvalue weighted by Gasteiger charge is -2.37. The monoisotopic (exact) mass is 340 g/mol. The summed E-state index contributed by atoms with van der Waals surface area (Å²) in [6, 6.07) is 6.15. The standard InChI is InChI=1S/C20H24N2O3/c1-11-6-7-12(2)14(8-11)18-17(20(24)25-5)13(3)21-15-9-22(4)10-16(23)19(15)18/h6-8,18,21H,9-10H2,1-5H3. The molecule has 0 fully saturated rings. The minimum absolute atomic E-state index is 0.0519. The molecule has 0 radical (unpaired) electrons. The molecule has 5 nitrogen and oxygen atoms in total. The van der Waals surface area contributed by atoms with Gasteiger partial charge in [0.2, 0.25) is 0 Å². The normalized spacial score (nSPS) is 21.2. The second kappa shape index (κ2) is 6.48. The first-order valence-corrected chi connectivity index (χ1v) is 8.41. The Kier molecular flexibility index (Phi) is 4.52. The molecule has 0 aromatic heterocycles. The van der Waals surface area contributed by atoms with Crippen LogP contribution in [0.15, 0.2) is 40.7 Å². The van der Waals surface area contributed by atoms with E-state index in [0.717, 1.165) is 28.1 Å². The van der Waals surface area contributed by atoms with Crippen molar-refractivity contribution in [3.63, 3.8) is 0 Å². The number of allylic oxidation sites excluding steroid dienone is 1. The number of Topliss-reactive ketones (excluding diaryl/α,β-unsaturated/α-hetero) is 1. The van der Waals surface area contributed by atoms with Gasteiger partial charge in [-0.1, -0.05) is 23.8 Å². The van der Waals surface area contributed by atoms with Crippen LogP contribution in [-0.2, 0) is 14.3 Å². The number of likely N-dealkylation sites (N-methyl/N-ethyl adjacent to an activating group) is 1. The van der Waals surface area contributed by atoms with Gasteiger partial charge in [-0.25, -0.2) is 4.79 Å². The maximum Gasteiger partial charge on any atom is 0.336 e. The summed E-state index contributed by atoms with van der Waals surface area (Å²) >= 11 is 0. The summed E-state index contributed by atoms with van der Waals surface area (Å²) in [5, 5.41) is 3.27. The number of nitrogens with one attached hydrogen (secondary N) is 1. The van der Waals surface area contributed by atoms with Gasteiger partial charge in [0.1, 0.15) is 0 Å². The molecule has 1 atom stereocenters. The van der Waals surface area contributed by atoms with E-state index in [0.29, 0.717) is 24.2 Å². The van der Waals surface area contributed by atoms with Crippen LogP contribution in [0.25, 0.3) is 0 Å². The Morgan fingerprint density at radius 1 is 1.24 bits per heavy atom. The fraction of sp³-hybridized carbons (Fsp3) is 0.400. The van der Waals surface area contributed by atoms with Crippen molar-refractivity contribution in [1.29, 1.82) is 0 Å². The average Bonchev–Trinajstić information content (AvgIpc) is 2.54. The smallest absolute Gasteiger partial charge is 0.336 e. The maximum atomic E-state index is 12.9. The number of ketones is 1. The van der Waals surface area contributed by atoms with Crippen LogP contribution in [-0.4, -0.2) is 43.9 Å². The van der Waals surface area contributed by atoms with Gasteiger partial charge in [0.05, 0.1) is 19.2 Å². The molecular formula is C20H24N2O3. The average molecular weight is 340 g/mol. The van der Waals surface area contributed by atoms with Gasteiger partial charge < -0.3 is 10.1 Å². The minimum Gasteiger partial charge on any atom is -0.466 e. The molecule has 0 saturated carbocycles. The number of esters is 1. The van der Waals surface area contributed by atoms with Crippen molar-refractivity contribution in [2.45, 2.75) is 26.7 Å². The van der Waals surface area contributed by atoms with Gasteiger partial charge in [-0.3, -0.25) is 9.69 Å². The zero-order valence-corrected chi connectivity index (χ0v) is 15.4. The highest BCUT2D eigenvalue weighted by atomic mass is 16.5. The predicted molar refractivity (Wildman–Crippen MR) is 96.0 cm³/mol. The van der Waals surface area contributed by atoms with E-state index >= 15 is 0 Å². The molecule has 0 amide bonds. The molecule has 0 bridgehead atoms. The SMILES string of the molecule is COC(=O)C1=C(C)NC2=C(C(=O)CN(C)C2)C1c1cc(C)ccc1C. The number of rotatable bonds is 2. The van der Waals surface area contributed by atoms with Gasteiger partial charge in [-0.15, -0.1) is 0 Å². The molecule has 2 heterocycles. The molecular weight excluding hydrogens is 316 g/mol. The van der Waals surface area contributed by atoms with Gasteiger partial charge in [0.25, 0.3) is 0 Å². The van der Waals surface area contributed by atoms with E-state index < -0.39 is 5.97 Å². The van der Waals surface area contributed by atoms with Crippen LogP contribution in [0.2, 0.25) is 0 Å². The Bertz CT molecular complexity index is 820. The fourth-order valence-corrected chi connectivity index (χ4v) is 3.77. The molecule has 1 unspecified atom stereocenters.